The molecule has 4 aliphatic rings. The fourth-order valence-corrected chi connectivity index (χ4v) is 9.29. The number of allylic oxidation sites excluding steroid dienone is 2. The number of Topliss-reactive ketones (excluding diaryl/α,β-unsaturated/α-hetero) is 1. The van der Waals surface area contributed by atoms with Gasteiger partial charge < -0.3 is 5.11 Å². The number of nitrogens with zero attached hydrogens (tertiary/aromatic N) is 3. The van der Waals surface area contributed by atoms with Crippen LogP contribution >= 0.6 is 23.2 Å². The maximum absolute atomic E-state index is 15.2. The van der Waals surface area contributed by atoms with Gasteiger partial charge in [-0.1, -0.05) is 65.2 Å². The van der Waals surface area contributed by atoms with E-state index in [0.717, 1.165) is 4.90 Å². The third-order valence-electron chi connectivity index (χ3n) is 11.3. The fraction of sp³-hybridized carbons (Fsp3) is 0.250. The predicted octanol–water partition coefficient (Wildman–Crippen LogP) is 7.50. The summed E-state index contributed by atoms with van der Waals surface area (Å²) < 4.78 is 40.4. The molecule has 4 amide bonds. The summed E-state index contributed by atoms with van der Waals surface area (Å²) in [4.78, 5) is 75.3. The molecule has 3 heterocycles. The molecule has 55 heavy (non-hydrogen) atoms. The Hall–Kier alpha value is -5.53. The number of alkyl halides is 3. The molecule has 0 bridgehead atoms. The fourth-order valence-electron chi connectivity index (χ4n) is 8.96. The van der Waals surface area contributed by atoms with Crippen LogP contribution in [0.3, 0.4) is 0 Å². The number of rotatable bonds is 6. The van der Waals surface area contributed by atoms with Crippen molar-refractivity contribution in [2.45, 2.75) is 37.3 Å². The number of ketones is 1. The molecule has 10 nitrogen and oxygen atoms in total. The minimum atomic E-state index is -4.76. The van der Waals surface area contributed by atoms with Gasteiger partial charge >= 0.3 is 6.18 Å². The monoisotopic (exact) mass is 788 g/mol. The van der Waals surface area contributed by atoms with Crippen molar-refractivity contribution in [1.29, 1.82) is 0 Å². The minimum absolute atomic E-state index is 0.0905. The quantitative estimate of drug-likeness (QED) is 0.116. The van der Waals surface area contributed by atoms with Crippen LogP contribution < -0.4 is 10.3 Å². The van der Waals surface area contributed by atoms with E-state index in [4.69, 9.17) is 23.2 Å². The Kier molecular flexibility index (Phi) is 8.65. The van der Waals surface area contributed by atoms with Crippen LogP contribution in [0.25, 0.3) is 0 Å². The van der Waals surface area contributed by atoms with E-state index in [1.807, 2.05) is 6.08 Å². The van der Waals surface area contributed by atoms with Gasteiger partial charge in [0.1, 0.15) is 5.75 Å². The summed E-state index contributed by atoms with van der Waals surface area (Å²) in [6, 6.07) is 19.4. The van der Waals surface area contributed by atoms with Crippen LogP contribution in [0.1, 0.15) is 52.7 Å². The first kappa shape index (κ1) is 36.4. The number of phenolic OH excluding ortho intramolecular Hbond substituents is 1. The molecular formula is C40H29Cl2F3N4O6. The van der Waals surface area contributed by atoms with Crippen LogP contribution in [0.4, 0.5) is 24.7 Å². The number of imide groups is 2. The van der Waals surface area contributed by atoms with Gasteiger partial charge in [-0.15, -0.1) is 0 Å². The van der Waals surface area contributed by atoms with Crippen molar-refractivity contribution in [3.63, 3.8) is 0 Å². The molecule has 1 aromatic heterocycles. The lowest BCUT2D eigenvalue weighted by Crippen LogP contribution is -2.53. The first-order valence-electron chi connectivity index (χ1n) is 17.2. The van der Waals surface area contributed by atoms with E-state index in [1.54, 1.807) is 42.5 Å². The first-order valence-corrected chi connectivity index (χ1v) is 18.0. The molecule has 0 spiro atoms. The van der Waals surface area contributed by atoms with E-state index in [0.29, 0.717) is 39.0 Å². The second kappa shape index (κ2) is 13.1. The maximum Gasteiger partial charge on any atom is 0.417 e. The van der Waals surface area contributed by atoms with Crippen molar-refractivity contribution in [3.8, 4) is 5.75 Å². The number of aromatic hydroxyl groups is 1. The van der Waals surface area contributed by atoms with Crippen LogP contribution in [0.2, 0.25) is 10.0 Å². The Balaban J connectivity index is 1.29. The van der Waals surface area contributed by atoms with Crippen LogP contribution in [0.15, 0.2) is 96.7 Å². The van der Waals surface area contributed by atoms with Crippen LogP contribution in [0, 0.1) is 23.7 Å². The number of pyridine rings is 1. The smallest absolute Gasteiger partial charge is 0.417 e. The Morgan fingerprint density at radius 1 is 0.927 bits per heavy atom. The number of nitrogens with one attached hydrogen (secondary N) is 1. The molecule has 6 unspecified atom stereocenters. The number of hydrogen-bond donors (Lipinski definition) is 2. The number of carbonyl (C=O) groups is 5. The van der Waals surface area contributed by atoms with Gasteiger partial charge in [0.2, 0.25) is 11.8 Å². The topological polar surface area (TPSA) is 137 Å². The number of anilines is 2. The van der Waals surface area contributed by atoms with Crippen LogP contribution in [-0.4, -0.2) is 44.5 Å². The van der Waals surface area contributed by atoms with E-state index < -0.39 is 75.4 Å². The number of halogens is 5. The van der Waals surface area contributed by atoms with Gasteiger partial charge in [-0.3, -0.25) is 34.3 Å². The summed E-state index contributed by atoms with van der Waals surface area (Å²) in [5, 5.41) is 12.0. The molecule has 2 aliphatic heterocycles. The highest BCUT2D eigenvalue weighted by molar-refractivity contribution is 6.33. The van der Waals surface area contributed by atoms with E-state index in [-0.39, 0.29) is 41.4 Å². The molecule has 3 fully saturated rings. The summed E-state index contributed by atoms with van der Waals surface area (Å²) in [5.74, 6) is -8.16. The predicted molar refractivity (Wildman–Crippen MR) is 194 cm³/mol. The zero-order chi connectivity index (χ0) is 39.1. The van der Waals surface area contributed by atoms with E-state index >= 15 is 4.79 Å². The average molecular weight is 790 g/mol. The molecule has 2 aliphatic carbocycles. The van der Waals surface area contributed by atoms with Gasteiger partial charge in [0.25, 0.3) is 11.8 Å². The maximum atomic E-state index is 15.2. The Morgan fingerprint density at radius 2 is 1.62 bits per heavy atom. The lowest BCUT2D eigenvalue weighted by Gasteiger charge is -2.50. The zero-order valence-electron chi connectivity index (χ0n) is 28.7. The number of fused-ring (bicyclic) bond motifs is 4. The van der Waals surface area contributed by atoms with Crippen LogP contribution in [-0.2, 0) is 30.8 Å². The third-order valence-corrected chi connectivity index (χ3v) is 11.9. The SMILES string of the molecule is CC(=O)c1ccc(N2C(=O)C3CC=C4C(CC5C(=O)N(Nc6ncc(C(F)(F)F)cc6Cl)C(=O)C5(c5ccc(Cl)cc5)C4c4ccccc4O)C3C2=O)cc1. The van der Waals surface area contributed by atoms with Gasteiger partial charge in [0, 0.05) is 28.3 Å². The summed E-state index contributed by atoms with van der Waals surface area (Å²) >= 11 is 12.5. The molecule has 6 atom stereocenters. The van der Waals surface area contributed by atoms with E-state index in [9.17, 15) is 37.5 Å². The van der Waals surface area contributed by atoms with Gasteiger partial charge in [-0.05, 0) is 79.8 Å². The number of aromatic nitrogens is 1. The summed E-state index contributed by atoms with van der Waals surface area (Å²) in [7, 11) is 0. The number of benzene rings is 3. The summed E-state index contributed by atoms with van der Waals surface area (Å²) in [6.45, 7) is 1.40. The number of hydrogen-bond acceptors (Lipinski definition) is 8. The molecule has 4 aromatic rings. The Labute approximate surface area is 321 Å². The molecule has 8 rings (SSSR count). The molecule has 2 saturated heterocycles. The second-order valence-corrected chi connectivity index (χ2v) is 14.9. The molecule has 2 N–H and O–H groups in total. The first-order chi connectivity index (χ1) is 26.1. The highest BCUT2D eigenvalue weighted by Crippen LogP contribution is 2.65. The van der Waals surface area contributed by atoms with Crippen molar-refractivity contribution in [3.05, 3.63) is 129 Å². The standard InChI is InChI=1S/C40H29Cl2F3N4O6/c1-19(50)20-6-12-24(13-7-20)48-35(52)27-15-14-25-28(32(27)37(48)54)17-29-36(53)49(47-34-30(42)16-22(18-46-34)40(43,44)45)38(55)39(29,21-8-10-23(41)11-9-21)33(25)26-4-2-3-5-31(26)51/h2-14,16,18,27-29,32-33,51H,15,17H2,1H3,(H,46,47). The molecule has 1 saturated carbocycles. The molecular weight excluding hydrogens is 760 g/mol. The number of hydrazine groups is 1. The summed E-state index contributed by atoms with van der Waals surface area (Å²) in [6.07, 6.45) is -2.40. The van der Waals surface area contributed by atoms with Crippen molar-refractivity contribution in [2.24, 2.45) is 23.7 Å². The normalized spacial score (nSPS) is 26.1. The van der Waals surface area contributed by atoms with Crippen molar-refractivity contribution in [1.82, 2.24) is 9.99 Å². The van der Waals surface area contributed by atoms with Crippen molar-refractivity contribution in [2.75, 3.05) is 10.3 Å². The lowest BCUT2D eigenvalue weighted by atomic mass is 9.49. The highest BCUT2D eigenvalue weighted by Gasteiger charge is 2.70. The third kappa shape index (κ3) is 5.54. The Morgan fingerprint density at radius 3 is 2.25 bits per heavy atom. The van der Waals surface area contributed by atoms with Gasteiger partial charge in [0.15, 0.2) is 11.6 Å². The average Bonchev–Trinajstić information content (AvgIpc) is 3.53. The molecule has 0 radical (unpaired) electrons. The van der Waals surface area contributed by atoms with Gasteiger partial charge in [-0.25, -0.2) is 4.98 Å². The van der Waals surface area contributed by atoms with E-state index in [1.165, 1.54) is 37.3 Å². The number of amides is 4. The zero-order valence-corrected chi connectivity index (χ0v) is 30.2. The number of para-hydroxylation sites is 1. The Bertz CT molecular complexity index is 2350. The van der Waals surface area contributed by atoms with Crippen LogP contribution in [0.5, 0.6) is 5.75 Å². The molecule has 280 valence electrons. The van der Waals surface area contributed by atoms with Crippen molar-refractivity contribution >= 4 is 64.1 Å². The summed E-state index contributed by atoms with van der Waals surface area (Å²) in [5.41, 5.74) is 1.52. The van der Waals surface area contributed by atoms with Crippen molar-refractivity contribution < 1.29 is 42.3 Å². The lowest BCUT2D eigenvalue weighted by molar-refractivity contribution is -0.139. The molecule has 3 aromatic carbocycles. The largest absolute Gasteiger partial charge is 0.508 e. The second-order valence-electron chi connectivity index (χ2n) is 14.1. The molecule has 15 heteroatoms. The highest BCUT2D eigenvalue weighted by atomic mass is 35.5. The number of carbonyl (C=O) groups excluding carboxylic acids is 5. The van der Waals surface area contributed by atoms with E-state index in [2.05, 4.69) is 10.4 Å². The minimum Gasteiger partial charge on any atom is -0.508 e. The van der Waals surface area contributed by atoms with Gasteiger partial charge in [0.05, 0.1) is 39.4 Å². The number of phenols is 1. The van der Waals surface area contributed by atoms with Gasteiger partial charge in [-0.2, -0.15) is 18.2 Å².